The number of hydrogen-bond donors (Lipinski definition) is 2. The van der Waals surface area contributed by atoms with Crippen molar-refractivity contribution in [1.29, 1.82) is 0 Å². The number of ether oxygens (including phenoxy) is 1. The Morgan fingerprint density at radius 3 is 2.54 bits per heavy atom. The van der Waals surface area contributed by atoms with Gasteiger partial charge in [-0.1, -0.05) is 26.0 Å². The lowest BCUT2D eigenvalue weighted by Crippen LogP contribution is -2.40. The van der Waals surface area contributed by atoms with Crippen molar-refractivity contribution in [2.24, 2.45) is 5.41 Å². The smallest absolute Gasteiger partial charge is 0.331 e. The number of aromatic hydroxyl groups is 1. The number of ketones is 1. The first-order chi connectivity index (χ1) is 11.2. The first kappa shape index (κ1) is 17.9. The maximum absolute atomic E-state index is 12.0. The molecular weight excluding hydrogens is 308 g/mol. The largest absolute Gasteiger partial charge is 0.508 e. The molecule has 0 amide bonds. The summed E-state index contributed by atoms with van der Waals surface area (Å²) < 4.78 is 5.33. The van der Waals surface area contributed by atoms with E-state index in [1.807, 2.05) is 0 Å². The highest BCUT2D eigenvalue weighted by molar-refractivity contribution is 5.96. The molecule has 2 rings (SSSR count). The van der Waals surface area contributed by atoms with Crippen LogP contribution in [0.4, 0.5) is 0 Å². The average molecular weight is 330 g/mol. The summed E-state index contributed by atoms with van der Waals surface area (Å²) in [6, 6.07) is 6.34. The molecule has 2 atom stereocenters. The van der Waals surface area contributed by atoms with Gasteiger partial charge in [0, 0.05) is 17.9 Å². The third-order valence-corrected chi connectivity index (χ3v) is 4.14. The molecule has 0 fully saturated rings. The predicted octanol–water partition coefficient (Wildman–Crippen LogP) is 2.62. The SMILES string of the molecule is CC1=CC(OC(=O)/C=C/c2ccc(O)cc2)C(O)C(C)(C)CC1=O. The third kappa shape index (κ3) is 4.32. The van der Waals surface area contributed by atoms with Gasteiger partial charge in [0.25, 0.3) is 0 Å². The number of aliphatic hydroxyl groups excluding tert-OH is 1. The highest BCUT2D eigenvalue weighted by atomic mass is 16.6. The summed E-state index contributed by atoms with van der Waals surface area (Å²) in [6.45, 7) is 5.20. The van der Waals surface area contributed by atoms with E-state index in [0.717, 1.165) is 5.56 Å². The van der Waals surface area contributed by atoms with Gasteiger partial charge in [-0.3, -0.25) is 4.79 Å². The zero-order valence-electron chi connectivity index (χ0n) is 14.0. The Labute approximate surface area is 141 Å². The van der Waals surface area contributed by atoms with Gasteiger partial charge in [-0.05, 0) is 42.3 Å². The summed E-state index contributed by atoms with van der Waals surface area (Å²) in [5.74, 6) is -0.526. The number of carbonyl (C=O) groups is 2. The third-order valence-electron chi connectivity index (χ3n) is 4.14. The topological polar surface area (TPSA) is 83.8 Å². The van der Waals surface area contributed by atoms with Crippen molar-refractivity contribution in [3.8, 4) is 5.75 Å². The second-order valence-corrected chi connectivity index (χ2v) is 6.71. The van der Waals surface area contributed by atoms with E-state index < -0.39 is 23.6 Å². The van der Waals surface area contributed by atoms with Crippen molar-refractivity contribution in [1.82, 2.24) is 0 Å². The van der Waals surface area contributed by atoms with Crippen molar-refractivity contribution >= 4 is 17.8 Å². The quantitative estimate of drug-likeness (QED) is 0.657. The van der Waals surface area contributed by atoms with Gasteiger partial charge in [0.1, 0.15) is 18.0 Å². The normalized spacial score (nSPS) is 23.7. The summed E-state index contributed by atoms with van der Waals surface area (Å²) in [7, 11) is 0. The van der Waals surface area contributed by atoms with Crippen LogP contribution in [0.1, 0.15) is 32.8 Å². The summed E-state index contributed by atoms with van der Waals surface area (Å²) in [5, 5.41) is 19.7. The van der Waals surface area contributed by atoms with Gasteiger partial charge in [0.05, 0.1) is 0 Å². The first-order valence-electron chi connectivity index (χ1n) is 7.76. The predicted molar refractivity (Wildman–Crippen MR) is 90.2 cm³/mol. The number of benzene rings is 1. The monoisotopic (exact) mass is 330 g/mol. The molecule has 0 aromatic heterocycles. The van der Waals surface area contributed by atoms with Crippen molar-refractivity contribution in [3.63, 3.8) is 0 Å². The average Bonchev–Trinajstić information content (AvgIpc) is 2.58. The van der Waals surface area contributed by atoms with Gasteiger partial charge in [0.15, 0.2) is 5.78 Å². The molecule has 2 N–H and O–H groups in total. The van der Waals surface area contributed by atoms with Crippen LogP contribution in [0.3, 0.4) is 0 Å². The van der Waals surface area contributed by atoms with E-state index in [4.69, 9.17) is 4.74 Å². The standard InChI is InChI=1S/C19H22O5/c1-12-10-16(18(23)19(2,3)11-15(12)21)24-17(22)9-6-13-4-7-14(20)8-5-13/h4-10,16,18,20,23H,11H2,1-3H3/b9-6+. The minimum atomic E-state index is -0.968. The molecule has 0 heterocycles. The Balaban J connectivity index is 2.11. The minimum Gasteiger partial charge on any atom is -0.508 e. The summed E-state index contributed by atoms with van der Waals surface area (Å²) in [6.07, 6.45) is 2.68. The Morgan fingerprint density at radius 2 is 1.92 bits per heavy atom. The molecule has 1 aromatic carbocycles. The number of carbonyl (C=O) groups excluding carboxylic acids is 2. The van der Waals surface area contributed by atoms with Gasteiger partial charge in [-0.2, -0.15) is 0 Å². The van der Waals surface area contributed by atoms with Crippen LogP contribution >= 0.6 is 0 Å². The van der Waals surface area contributed by atoms with E-state index >= 15 is 0 Å². The van der Waals surface area contributed by atoms with Gasteiger partial charge >= 0.3 is 5.97 Å². The van der Waals surface area contributed by atoms with Crippen molar-refractivity contribution in [2.45, 2.75) is 39.4 Å². The number of allylic oxidation sites excluding steroid dienone is 1. The van der Waals surface area contributed by atoms with E-state index in [1.165, 1.54) is 24.3 Å². The second kappa shape index (κ2) is 7.01. The van der Waals surface area contributed by atoms with Gasteiger partial charge in [-0.25, -0.2) is 4.79 Å². The molecule has 1 aliphatic rings. The molecular formula is C19H22O5. The Kier molecular flexibility index (Phi) is 5.24. The Hall–Kier alpha value is -2.40. The minimum absolute atomic E-state index is 0.0581. The van der Waals surface area contributed by atoms with E-state index in [0.29, 0.717) is 5.57 Å². The van der Waals surface area contributed by atoms with E-state index in [-0.39, 0.29) is 18.0 Å². The maximum atomic E-state index is 12.0. The number of rotatable bonds is 3. The molecule has 5 nitrogen and oxygen atoms in total. The molecule has 128 valence electrons. The van der Waals surface area contributed by atoms with E-state index in [2.05, 4.69) is 0 Å². The summed E-state index contributed by atoms with van der Waals surface area (Å²) in [5.41, 5.74) is 0.532. The molecule has 1 aliphatic carbocycles. The summed E-state index contributed by atoms with van der Waals surface area (Å²) in [4.78, 5) is 24.0. The van der Waals surface area contributed by atoms with E-state index in [9.17, 15) is 19.8 Å². The van der Waals surface area contributed by atoms with Gasteiger partial charge in [0.2, 0.25) is 0 Å². The van der Waals surface area contributed by atoms with Crippen LogP contribution in [0, 0.1) is 5.41 Å². The van der Waals surface area contributed by atoms with Crippen molar-refractivity contribution in [3.05, 3.63) is 47.6 Å². The molecule has 24 heavy (non-hydrogen) atoms. The second-order valence-electron chi connectivity index (χ2n) is 6.71. The number of Topliss-reactive ketones (excluding diaryl/α,β-unsaturated/α-hetero) is 1. The lowest BCUT2D eigenvalue weighted by atomic mass is 9.80. The van der Waals surface area contributed by atoms with Crippen molar-refractivity contribution < 1.29 is 24.5 Å². The molecule has 1 aromatic rings. The molecule has 0 spiro atoms. The molecule has 0 radical (unpaired) electrons. The number of phenolic OH excluding ortho intramolecular Hbond substituents is 1. The van der Waals surface area contributed by atoms with Crippen molar-refractivity contribution in [2.75, 3.05) is 0 Å². The van der Waals surface area contributed by atoms with E-state index in [1.54, 1.807) is 39.0 Å². The highest BCUT2D eigenvalue weighted by Gasteiger charge is 2.39. The van der Waals surface area contributed by atoms with Gasteiger partial charge < -0.3 is 14.9 Å². The highest BCUT2D eigenvalue weighted by Crippen LogP contribution is 2.33. The molecule has 0 saturated heterocycles. The Bertz CT molecular complexity index is 682. The van der Waals surface area contributed by atoms with Crippen LogP contribution in [-0.4, -0.2) is 34.2 Å². The fourth-order valence-electron chi connectivity index (χ4n) is 2.55. The molecule has 5 heteroatoms. The molecule has 0 bridgehead atoms. The van der Waals surface area contributed by atoms with Crippen LogP contribution in [-0.2, 0) is 14.3 Å². The van der Waals surface area contributed by atoms with Gasteiger partial charge in [-0.15, -0.1) is 0 Å². The number of phenols is 1. The number of aliphatic hydroxyl groups is 1. The van der Waals surface area contributed by atoms with Crippen LogP contribution in [0.25, 0.3) is 6.08 Å². The Morgan fingerprint density at radius 1 is 1.29 bits per heavy atom. The van der Waals surface area contributed by atoms with Crippen LogP contribution in [0.15, 0.2) is 42.0 Å². The number of hydrogen-bond acceptors (Lipinski definition) is 5. The maximum Gasteiger partial charge on any atom is 0.331 e. The first-order valence-corrected chi connectivity index (χ1v) is 7.76. The number of esters is 1. The summed E-state index contributed by atoms with van der Waals surface area (Å²) >= 11 is 0. The zero-order valence-corrected chi connectivity index (χ0v) is 14.0. The van der Waals surface area contributed by atoms with Crippen LogP contribution < -0.4 is 0 Å². The lowest BCUT2D eigenvalue weighted by molar-refractivity contribution is -0.149. The molecule has 2 unspecified atom stereocenters. The fraction of sp³-hybridized carbons (Fsp3) is 0.368. The zero-order chi connectivity index (χ0) is 17.9. The van der Waals surface area contributed by atoms with Crippen LogP contribution in [0.2, 0.25) is 0 Å². The molecule has 0 aliphatic heterocycles. The van der Waals surface area contributed by atoms with Crippen LogP contribution in [0.5, 0.6) is 5.75 Å². The molecule has 0 saturated carbocycles. The fourth-order valence-corrected chi connectivity index (χ4v) is 2.55. The lowest BCUT2D eigenvalue weighted by Gasteiger charge is -2.31.